The van der Waals surface area contributed by atoms with Gasteiger partial charge in [-0.05, 0) is 73.9 Å². The number of aryl methyl sites for hydroxylation is 2. The Hall–Kier alpha value is -1.02. The first kappa shape index (κ1) is 22.3. The zero-order valence-electron chi connectivity index (χ0n) is 16.3. The molecule has 0 aromatic heterocycles. The fourth-order valence-electron chi connectivity index (χ4n) is 3.18. The lowest BCUT2D eigenvalue weighted by Crippen LogP contribution is -1.97. The molecule has 2 rings (SSSR count). The van der Waals surface area contributed by atoms with Crippen LogP contribution in [0.15, 0.2) is 48.5 Å². The zero-order valence-corrected chi connectivity index (χ0v) is 17.8. The molecule has 0 aliphatic carbocycles. The number of benzene rings is 2. The van der Waals surface area contributed by atoms with Crippen LogP contribution in [0.2, 0.25) is 10.0 Å². The van der Waals surface area contributed by atoms with Gasteiger partial charge in [0.1, 0.15) is 0 Å². The smallest absolute Gasteiger partial charge is 0.0466 e. The predicted octanol–water partition coefficient (Wildman–Crippen LogP) is 7.92. The van der Waals surface area contributed by atoms with Crippen LogP contribution >= 0.6 is 23.2 Å². The van der Waals surface area contributed by atoms with Gasteiger partial charge in [0.2, 0.25) is 0 Å². The van der Waals surface area contributed by atoms with Crippen molar-refractivity contribution in [2.45, 2.75) is 64.2 Å². The van der Waals surface area contributed by atoms with Crippen molar-refractivity contribution in [1.29, 1.82) is 0 Å². The van der Waals surface area contributed by atoms with E-state index in [0.29, 0.717) is 0 Å². The second kappa shape index (κ2) is 14.0. The topological polar surface area (TPSA) is 9.23 Å². The van der Waals surface area contributed by atoms with Crippen LogP contribution in [0.25, 0.3) is 0 Å². The number of halogens is 2. The summed E-state index contributed by atoms with van der Waals surface area (Å²) < 4.78 is 5.76. The summed E-state index contributed by atoms with van der Waals surface area (Å²) in [5.41, 5.74) is 2.76. The summed E-state index contributed by atoms with van der Waals surface area (Å²) in [6.45, 7) is 1.82. The normalized spacial score (nSPS) is 11.0. The average molecular weight is 407 g/mol. The molecule has 0 fully saturated rings. The summed E-state index contributed by atoms with van der Waals surface area (Å²) in [6.07, 6.45) is 12.2. The molecule has 2 aromatic rings. The lowest BCUT2D eigenvalue weighted by atomic mass is 10.1. The van der Waals surface area contributed by atoms with E-state index in [1.165, 1.54) is 62.5 Å². The van der Waals surface area contributed by atoms with E-state index in [-0.39, 0.29) is 0 Å². The molecule has 0 atom stereocenters. The van der Waals surface area contributed by atoms with Gasteiger partial charge in [-0.3, -0.25) is 0 Å². The maximum atomic E-state index is 5.90. The minimum absolute atomic E-state index is 0.817. The largest absolute Gasteiger partial charge is 0.381 e. The Labute approximate surface area is 175 Å². The summed E-state index contributed by atoms with van der Waals surface area (Å²) in [5, 5.41) is 1.63. The molecule has 0 unspecified atom stereocenters. The zero-order chi connectivity index (χ0) is 19.2. The SMILES string of the molecule is Clc1ccc(CCCCCCOCCCCCCc2ccc(Cl)cc2)cc1. The van der Waals surface area contributed by atoms with E-state index in [0.717, 1.165) is 36.1 Å². The number of hydrogen-bond donors (Lipinski definition) is 0. The predicted molar refractivity (Wildman–Crippen MR) is 118 cm³/mol. The summed E-state index contributed by atoms with van der Waals surface area (Å²) in [5.74, 6) is 0. The molecule has 0 aliphatic rings. The van der Waals surface area contributed by atoms with E-state index in [1.54, 1.807) is 0 Å². The van der Waals surface area contributed by atoms with Gasteiger partial charge in [0.25, 0.3) is 0 Å². The maximum absolute atomic E-state index is 5.90. The van der Waals surface area contributed by atoms with Crippen LogP contribution in [-0.4, -0.2) is 13.2 Å². The number of ether oxygens (including phenoxy) is 1. The molecule has 0 aliphatic heterocycles. The molecule has 2 aromatic carbocycles. The van der Waals surface area contributed by atoms with E-state index in [2.05, 4.69) is 24.3 Å². The lowest BCUT2D eigenvalue weighted by molar-refractivity contribution is 0.125. The van der Waals surface area contributed by atoms with Gasteiger partial charge in [0.15, 0.2) is 0 Å². The maximum Gasteiger partial charge on any atom is 0.0466 e. The van der Waals surface area contributed by atoms with E-state index in [4.69, 9.17) is 27.9 Å². The second-order valence-corrected chi connectivity index (χ2v) is 8.07. The van der Waals surface area contributed by atoms with E-state index in [9.17, 15) is 0 Å². The average Bonchev–Trinajstić information content (AvgIpc) is 2.68. The van der Waals surface area contributed by atoms with Crippen LogP contribution in [0.5, 0.6) is 0 Å². The second-order valence-electron chi connectivity index (χ2n) is 7.19. The molecule has 0 heterocycles. The first-order valence-electron chi connectivity index (χ1n) is 10.3. The highest BCUT2D eigenvalue weighted by atomic mass is 35.5. The molecule has 1 nitrogen and oxygen atoms in total. The fraction of sp³-hybridized carbons (Fsp3) is 0.500. The Balaban J connectivity index is 1.32. The van der Waals surface area contributed by atoms with Gasteiger partial charge in [0, 0.05) is 23.3 Å². The molecule has 0 bridgehead atoms. The molecule has 0 saturated heterocycles. The summed E-state index contributed by atoms with van der Waals surface area (Å²) >= 11 is 11.8. The van der Waals surface area contributed by atoms with Gasteiger partial charge < -0.3 is 4.74 Å². The summed E-state index contributed by atoms with van der Waals surface area (Å²) in [6, 6.07) is 16.4. The van der Waals surface area contributed by atoms with Crippen LogP contribution in [0, 0.1) is 0 Å². The van der Waals surface area contributed by atoms with Crippen molar-refractivity contribution in [3.8, 4) is 0 Å². The minimum Gasteiger partial charge on any atom is -0.381 e. The van der Waals surface area contributed by atoms with Crippen LogP contribution in [0.3, 0.4) is 0 Å². The number of hydrogen-bond acceptors (Lipinski definition) is 1. The van der Waals surface area contributed by atoms with Crippen molar-refractivity contribution in [1.82, 2.24) is 0 Å². The molecule has 27 heavy (non-hydrogen) atoms. The first-order chi connectivity index (χ1) is 13.2. The van der Waals surface area contributed by atoms with Crippen molar-refractivity contribution in [2.24, 2.45) is 0 Å². The lowest BCUT2D eigenvalue weighted by Gasteiger charge is -2.05. The summed E-state index contributed by atoms with van der Waals surface area (Å²) in [4.78, 5) is 0. The molecule has 3 heteroatoms. The molecule has 148 valence electrons. The Morgan fingerprint density at radius 3 is 1.26 bits per heavy atom. The Kier molecular flexibility index (Phi) is 11.6. The standard InChI is InChI=1S/C24H32Cl2O/c25-23-15-11-21(12-16-23)9-5-1-3-7-19-27-20-8-4-2-6-10-22-13-17-24(26)18-14-22/h11-18H,1-10,19-20H2. The van der Waals surface area contributed by atoms with Gasteiger partial charge in [-0.15, -0.1) is 0 Å². The van der Waals surface area contributed by atoms with Crippen LogP contribution in [-0.2, 0) is 17.6 Å². The number of unbranched alkanes of at least 4 members (excludes halogenated alkanes) is 6. The van der Waals surface area contributed by atoms with Gasteiger partial charge in [-0.25, -0.2) is 0 Å². The van der Waals surface area contributed by atoms with Gasteiger partial charge in [0.05, 0.1) is 0 Å². The highest BCUT2D eigenvalue weighted by molar-refractivity contribution is 6.30. The van der Waals surface area contributed by atoms with Crippen molar-refractivity contribution in [3.63, 3.8) is 0 Å². The van der Waals surface area contributed by atoms with Crippen molar-refractivity contribution < 1.29 is 4.74 Å². The highest BCUT2D eigenvalue weighted by Gasteiger charge is 1.97. The van der Waals surface area contributed by atoms with E-state index >= 15 is 0 Å². The van der Waals surface area contributed by atoms with Gasteiger partial charge in [-0.2, -0.15) is 0 Å². The molecule has 0 saturated carbocycles. The number of rotatable bonds is 14. The van der Waals surface area contributed by atoms with Crippen molar-refractivity contribution in [2.75, 3.05) is 13.2 Å². The molecule has 0 radical (unpaired) electrons. The first-order valence-corrected chi connectivity index (χ1v) is 11.1. The van der Waals surface area contributed by atoms with Gasteiger partial charge >= 0.3 is 0 Å². The van der Waals surface area contributed by atoms with Crippen molar-refractivity contribution in [3.05, 3.63) is 69.7 Å². The third-order valence-corrected chi connectivity index (χ3v) is 5.34. The van der Waals surface area contributed by atoms with E-state index in [1.807, 2.05) is 24.3 Å². The van der Waals surface area contributed by atoms with Crippen molar-refractivity contribution >= 4 is 23.2 Å². The molecular weight excluding hydrogens is 375 g/mol. The molecule has 0 spiro atoms. The fourth-order valence-corrected chi connectivity index (χ4v) is 3.43. The third-order valence-electron chi connectivity index (χ3n) is 4.83. The Bertz CT molecular complexity index is 552. The van der Waals surface area contributed by atoms with Crippen LogP contribution in [0.4, 0.5) is 0 Å². The molecule has 0 amide bonds. The third kappa shape index (κ3) is 10.8. The summed E-state index contributed by atoms with van der Waals surface area (Å²) in [7, 11) is 0. The molecule has 0 N–H and O–H groups in total. The van der Waals surface area contributed by atoms with Crippen LogP contribution < -0.4 is 0 Å². The highest BCUT2D eigenvalue weighted by Crippen LogP contribution is 2.14. The Morgan fingerprint density at radius 2 is 0.852 bits per heavy atom. The van der Waals surface area contributed by atoms with Gasteiger partial charge in [-0.1, -0.05) is 73.2 Å². The molecular formula is C24H32Cl2O. The minimum atomic E-state index is 0.817. The van der Waals surface area contributed by atoms with Crippen LogP contribution in [0.1, 0.15) is 62.5 Å². The monoisotopic (exact) mass is 406 g/mol. The Morgan fingerprint density at radius 1 is 0.481 bits per heavy atom. The quantitative estimate of drug-likeness (QED) is 0.289. The van der Waals surface area contributed by atoms with E-state index < -0.39 is 0 Å².